The second-order valence-corrected chi connectivity index (χ2v) is 4.09. The second-order valence-electron chi connectivity index (χ2n) is 4.09. The molecular formula is C12H15NO3. The third-order valence-electron chi connectivity index (χ3n) is 2.85. The fourth-order valence-corrected chi connectivity index (χ4v) is 1.59. The summed E-state index contributed by atoms with van der Waals surface area (Å²) in [6.45, 7) is 0. The normalized spacial score (nSPS) is 16.7. The molecule has 0 radical (unpaired) electrons. The summed E-state index contributed by atoms with van der Waals surface area (Å²) in [5.41, 5.74) is 5.77. The van der Waals surface area contributed by atoms with Gasteiger partial charge in [-0.05, 0) is 25.0 Å². The topological polar surface area (TPSA) is 61.5 Å². The van der Waals surface area contributed by atoms with Gasteiger partial charge >= 0.3 is 0 Å². The molecule has 0 amide bonds. The van der Waals surface area contributed by atoms with Gasteiger partial charge in [0.15, 0.2) is 5.78 Å². The van der Waals surface area contributed by atoms with Crippen LogP contribution in [-0.4, -0.2) is 25.5 Å². The molecule has 1 aromatic rings. The molecule has 16 heavy (non-hydrogen) atoms. The third kappa shape index (κ3) is 1.88. The molecule has 2 N–H and O–H groups in total. The van der Waals surface area contributed by atoms with Crippen LogP contribution >= 0.6 is 0 Å². The van der Waals surface area contributed by atoms with Gasteiger partial charge in [-0.15, -0.1) is 0 Å². The van der Waals surface area contributed by atoms with Crippen molar-refractivity contribution >= 4 is 5.78 Å². The Kier molecular flexibility index (Phi) is 2.59. The van der Waals surface area contributed by atoms with Crippen molar-refractivity contribution in [3.63, 3.8) is 0 Å². The average molecular weight is 221 g/mol. The molecule has 1 aromatic carbocycles. The Hall–Kier alpha value is -1.55. The van der Waals surface area contributed by atoms with Crippen LogP contribution in [0.25, 0.3) is 0 Å². The molecule has 1 fully saturated rings. The highest BCUT2D eigenvalue weighted by Crippen LogP contribution is 2.37. The van der Waals surface area contributed by atoms with E-state index in [4.69, 9.17) is 15.2 Å². The number of hydrogen-bond donors (Lipinski definition) is 1. The minimum atomic E-state index is -0.655. The molecule has 4 heteroatoms. The third-order valence-corrected chi connectivity index (χ3v) is 2.85. The standard InChI is InChI=1S/C12H15NO3/c1-15-9-5-8(6-10(7-9)16-2)11(14)12(13)3-4-12/h5-7H,3-4,13H2,1-2H3. The van der Waals surface area contributed by atoms with Crippen LogP contribution < -0.4 is 15.2 Å². The molecule has 1 aliphatic carbocycles. The van der Waals surface area contributed by atoms with Gasteiger partial charge in [-0.25, -0.2) is 0 Å². The molecule has 0 aromatic heterocycles. The number of ketones is 1. The van der Waals surface area contributed by atoms with Crippen molar-refractivity contribution in [2.24, 2.45) is 5.73 Å². The quantitative estimate of drug-likeness (QED) is 0.780. The Bertz CT molecular complexity index is 402. The lowest BCUT2D eigenvalue weighted by Gasteiger charge is -2.10. The van der Waals surface area contributed by atoms with Crippen LogP contribution in [0.2, 0.25) is 0 Å². The number of carbonyl (C=O) groups is 1. The summed E-state index contributed by atoms with van der Waals surface area (Å²) in [4.78, 5) is 12.0. The molecule has 2 rings (SSSR count). The molecule has 0 spiro atoms. The van der Waals surface area contributed by atoms with Crippen LogP contribution in [0.1, 0.15) is 23.2 Å². The molecule has 0 bridgehead atoms. The van der Waals surface area contributed by atoms with Gasteiger partial charge in [0.2, 0.25) is 0 Å². The summed E-state index contributed by atoms with van der Waals surface area (Å²) < 4.78 is 10.2. The summed E-state index contributed by atoms with van der Waals surface area (Å²) in [7, 11) is 3.11. The van der Waals surface area contributed by atoms with E-state index in [2.05, 4.69) is 0 Å². The van der Waals surface area contributed by atoms with E-state index < -0.39 is 5.54 Å². The first-order chi connectivity index (χ1) is 7.59. The fraction of sp³-hybridized carbons (Fsp3) is 0.417. The van der Waals surface area contributed by atoms with Crippen molar-refractivity contribution in [2.75, 3.05) is 14.2 Å². The Labute approximate surface area is 94.3 Å². The molecule has 0 aliphatic heterocycles. The number of hydrogen-bond acceptors (Lipinski definition) is 4. The number of carbonyl (C=O) groups excluding carboxylic acids is 1. The van der Waals surface area contributed by atoms with Gasteiger partial charge in [0.25, 0.3) is 0 Å². The molecule has 0 heterocycles. The number of rotatable bonds is 4. The molecule has 0 unspecified atom stereocenters. The SMILES string of the molecule is COc1cc(OC)cc(C(=O)C2(N)CC2)c1. The Morgan fingerprint density at radius 2 is 1.69 bits per heavy atom. The van der Waals surface area contributed by atoms with E-state index in [0.29, 0.717) is 17.1 Å². The fourth-order valence-electron chi connectivity index (χ4n) is 1.59. The van der Waals surface area contributed by atoms with E-state index in [1.807, 2.05) is 0 Å². The Morgan fingerprint density at radius 1 is 1.19 bits per heavy atom. The molecule has 1 aliphatic rings. The first kappa shape index (κ1) is 11.0. The van der Waals surface area contributed by atoms with Crippen molar-refractivity contribution < 1.29 is 14.3 Å². The lowest BCUT2D eigenvalue weighted by Crippen LogP contribution is -2.32. The van der Waals surface area contributed by atoms with Crippen molar-refractivity contribution in [1.29, 1.82) is 0 Å². The van der Waals surface area contributed by atoms with Gasteiger partial charge in [-0.1, -0.05) is 0 Å². The minimum Gasteiger partial charge on any atom is -0.497 e. The zero-order valence-corrected chi connectivity index (χ0v) is 9.45. The van der Waals surface area contributed by atoms with E-state index >= 15 is 0 Å². The summed E-state index contributed by atoms with van der Waals surface area (Å²) >= 11 is 0. The number of nitrogens with two attached hydrogens (primary N) is 1. The van der Waals surface area contributed by atoms with Gasteiger partial charge < -0.3 is 15.2 Å². The van der Waals surface area contributed by atoms with Crippen molar-refractivity contribution in [1.82, 2.24) is 0 Å². The van der Waals surface area contributed by atoms with Gasteiger partial charge in [-0.2, -0.15) is 0 Å². The van der Waals surface area contributed by atoms with Crippen molar-refractivity contribution in [3.8, 4) is 11.5 Å². The number of Topliss-reactive ketones (excluding diaryl/α,β-unsaturated/α-hetero) is 1. The lowest BCUT2D eigenvalue weighted by molar-refractivity contribution is 0.0948. The molecule has 1 saturated carbocycles. The van der Waals surface area contributed by atoms with Crippen molar-refractivity contribution in [2.45, 2.75) is 18.4 Å². The summed E-state index contributed by atoms with van der Waals surface area (Å²) in [6.07, 6.45) is 1.51. The first-order valence-electron chi connectivity index (χ1n) is 5.16. The first-order valence-corrected chi connectivity index (χ1v) is 5.16. The average Bonchev–Trinajstić information content (AvgIpc) is 3.06. The van der Waals surface area contributed by atoms with Gasteiger partial charge in [0.1, 0.15) is 11.5 Å². The molecule has 0 saturated heterocycles. The highest BCUT2D eigenvalue weighted by atomic mass is 16.5. The molecule has 86 valence electrons. The largest absolute Gasteiger partial charge is 0.497 e. The smallest absolute Gasteiger partial charge is 0.182 e. The maximum atomic E-state index is 12.0. The zero-order chi connectivity index (χ0) is 11.8. The summed E-state index contributed by atoms with van der Waals surface area (Å²) in [5.74, 6) is 1.17. The van der Waals surface area contributed by atoms with Crippen LogP contribution in [0, 0.1) is 0 Å². The number of benzene rings is 1. The maximum Gasteiger partial charge on any atom is 0.182 e. The van der Waals surface area contributed by atoms with Crippen LogP contribution in [0.3, 0.4) is 0 Å². The van der Waals surface area contributed by atoms with Gasteiger partial charge in [0, 0.05) is 11.6 Å². The van der Waals surface area contributed by atoms with Crippen LogP contribution in [0.15, 0.2) is 18.2 Å². The van der Waals surface area contributed by atoms with E-state index in [9.17, 15) is 4.79 Å². The molecule has 4 nitrogen and oxygen atoms in total. The molecular weight excluding hydrogens is 206 g/mol. The number of methoxy groups -OCH3 is 2. The monoisotopic (exact) mass is 221 g/mol. The highest BCUT2D eigenvalue weighted by Gasteiger charge is 2.46. The number of ether oxygens (including phenoxy) is 2. The molecule has 0 atom stereocenters. The maximum absolute atomic E-state index is 12.0. The minimum absolute atomic E-state index is 0.0373. The van der Waals surface area contributed by atoms with Gasteiger partial charge in [0.05, 0.1) is 19.8 Å². The van der Waals surface area contributed by atoms with Crippen LogP contribution in [0.5, 0.6) is 11.5 Å². The van der Waals surface area contributed by atoms with E-state index in [1.165, 1.54) is 0 Å². The zero-order valence-electron chi connectivity index (χ0n) is 9.45. The summed E-state index contributed by atoms with van der Waals surface area (Å²) in [6, 6.07) is 5.11. The summed E-state index contributed by atoms with van der Waals surface area (Å²) in [5, 5.41) is 0. The predicted molar refractivity (Wildman–Crippen MR) is 60.0 cm³/mol. The van der Waals surface area contributed by atoms with E-state index in [0.717, 1.165) is 12.8 Å². The lowest BCUT2D eigenvalue weighted by atomic mass is 10.0. The van der Waals surface area contributed by atoms with E-state index in [1.54, 1.807) is 32.4 Å². The van der Waals surface area contributed by atoms with Crippen molar-refractivity contribution in [3.05, 3.63) is 23.8 Å². The predicted octanol–water partition coefficient (Wildman–Crippen LogP) is 1.38. The van der Waals surface area contributed by atoms with E-state index in [-0.39, 0.29) is 5.78 Å². The van der Waals surface area contributed by atoms with Crippen LogP contribution in [0.4, 0.5) is 0 Å². The Morgan fingerprint density at radius 3 is 2.06 bits per heavy atom. The van der Waals surface area contributed by atoms with Gasteiger partial charge in [-0.3, -0.25) is 4.79 Å². The highest BCUT2D eigenvalue weighted by molar-refractivity contribution is 6.05. The van der Waals surface area contributed by atoms with Crippen LogP contribution in [-0.2, 0) is 0 Å². The second kappa shape index (κ2) is 3.79. The Balaban J connectivity index is 2.36.